The van der Waals surface area contributed by atoms with E-state index in [1.165, 1.54) is 23.1 Å². The van der Waals surface area contributed by atoms with E-state index in [0.29, 0.717) is 20.9 Å². The summed E-state index contributed by atoms with van der Waals surface area (Å²) in [5, 5.41) is 11.9. The van der Waals surface area contributed by atoms with Crippen LogP contribution in [-0.4, -0.2) is 27.6 Å². The van der Waals surface area contributed by atoms with Crippen LogP contribution in [0.2, 0.25) is 0 Å². The Kier molecular flexibility index (Phi) is 5.12. The lowest BCUT2D eigenvalue weighted by atomic mass is 10.1. The van der Waals surface area contributed by atoms with Gasteiger partial charge in [0.15, 0.2) is 4.34 Å². The summed E-state index contributed by atoms with van der Waals surface area (Å²) in [7, 11) is 0. The molecule has 0 fully saturated rings. The van der Waals surface area contributed by atoms with E-state index >= 15 is 0 Å². The first-order valence-electron chi connectivity index (χ1n) is 5.95. The number of benzene rings is 1. The minimum atomic E-state index is -0.219. The summed E-state index contributed by atoms with van der Waals surface area (Å²) in [5.41, 5.74) is 15.9. The summed E-state index contributed by atoms with van der Waals surface area (Å²) in [6.45, 7) is 1.81. The molecule has 21 heavy (non-hydrogen) atoms. The van der Waals surface area contributed by atoms with Crippen LogP contribution in [0.5, 0.6) is 0 Å². The van der Waals surface area contributed by atoms with Gasteiger partial charge >= 0.3 is 0 Å². The van der Waals surface area contributed by atoms with Gasteiger partial charge in [0.2, 0.25) is 5.13 Å². The first-order chi connectivity index (χ1) is 10.0. The van der Waals surface area contributed by atoms with Crippen molar-refractivity contribution in [1.82, 2.24) is 15.6 Å². The molecule has 2 aromatic rings. The Morgan fingerprint density at radius 3 is 2.67 bits per heavy atom. The van der Waals surface area contributed by atoms with Gasteiger partial charge < -0.3 is 11.5 Å². The van der Waals surface area contributed by atoms with Crippen LogP contribution in [0.4, 0.5) is 10.8 Å². The highest BCUT2D eigenvalue weighted by Crippen LogP contribution is 2.22. The largest absolute Gasteiger partial charge is 0.399 e. The Labute approximate surface area is 129 Å². The van der Waals surface area contributed by atoms with Gasteiger partial charge in [-0.3, -0.25) is 4.79 Å². The van der Waals surface area contributed by atoms with E-state index in [1.807, 2.05) is 19.1 Å². The molecule has 0 saturated heterocycles. The third-order valence-corrected chi connectivity index (χ3v) is 4.31. The molecule has 110 valence electrons. The molecular formula is C12H14N6OS2. The van der Waals surface area contributed by atoms with Crippen molar-refractivity contribution in [3.63, 3.8) is 0 Å². The number of nitrogens with zero attached hydrogens (tertiary/aromatic N) is 3. The number of thioether (sulfide) groups is 1. The summed E-state index contributed by atoms with van der Waals surface area (Å²) in [6.07, 6.45) is 0. The van der Waals surface area contributed by atoms with Crippen LogP contribution in [0.25, 0.3) is 0 Å². The fourth-order valence-corrected chi connectivity index (χ4v) is 2.80. The number of rotatable bonds is 5. The number of carbonyl (C=O) groups is 1. The smallest absolute Gasteiger partial charge is 0.250 e. The second-order valence-corrected chi connectivity index (χ2v) is 6.28. The van der Waals surface area contributed by atoms with Crippen LogP contribution in [0.15, 0.2) is 33.7 Å². The molecule has 0 aliphatic heterocycles. The summed E-state index contributed by atoms with van der Waals surface area (Å²) >= 11 is 2.51. The van der Waals surface area contributed by atoms with Crippen LogP contribution < -0.4 is 16.9 Å². The summed E-state index contributed by atoms with van der Waals surface area (Å²) < 4.78 is 0.655. The molecule has 0 aliphatic rings. The highest BCUT2D eigenvalue weighted by molar-refractivity contribution is 8.01. The second-order valence-electron chi connectivity index (χ2n) is 4.05. The standard InChI is InChI=1S/C12H14N6OS2/c1-7(8-2-4-9(13)5-3-8)15-16-10(19)6-20-12-18-17-11(14)21-12/h2-5H,6,13H2,1H3,(H2,14,17)(H,16,19). The molecule has 1 heterocycles. The molecule has 7 nitrogen and oxygen atoms in total. The average Bonchev–Trinajstić information content (AvgIpc) is 2.89. The molecule has 0 atom stereocenters. The number of amides is 1. The Balaban J connectivity index is 1.84. The molecule has 9 heteroatoms. The zero-order valence-electron chi connectivity index (χ0n) is 11.2. The Hall–Kier alpha value is -2.13. The molecule has 0 unspecified atom stereocenters. The predicted octanol–water partition coefficient (Wildman–Crippen LogP) is 1.33. The molecular weight excluding hydrogens is 308 g/mol. The van der Waals surface area contributed by atoms with Crippen molar-refractivity contribution in [2.24, 2.45) is 5.10 Å². The maximum atomic E-state index is 11.7. The lowest BCUT2D eigenvalue weighted by Gasteiger charge is -2.02. The van der Waals surface area contributed by atoms with E-state index in [-0.39, 0.29) is 11.7 Å². The lowest BCUT2D eigenvalue weighted by molar-refractivity contribution is -0.118. The van der Waals surface area contributed by atoms with Crippen LogP contribution >= 0.6 is 23.1 Å². The SMILES string of the molecule is CC(=NNC(=O)CSc1nnc(N)s1)c1ccc(N)cc1. The first kappa shape index (κ1) is 15.3. The third-order valence-electron chi connectivity index (χ3n) is 2.43. The molecule has 0 radical (unpaired) electrons. The van der Waals surface area contributed by atoms with Crippen molar-refractivity contribution in [2.75, 3.05) is 17.2 Å². The molecule has 0 bridgehead atoms. The fourth-order valence-electron chi connectivity index (χ4n) is 1.37. The highest BCUT2D eigenvalue weighted by atomic mass is 32.2. The number of nitrogen functional groups attached to an aromatic ring is 2. The van der Waals surface area contributed by atoms with Crippen LogP contribution in [-0.2, 0) is 4.79 Å². The lowest BCUT2D eigenvalue weighted by Crippen LogP contribution is -2.21. The van der Waals surface area contributed by atoms with Gasteiger partial charge in [0, 0.05) is 5.69 Å². The first-order valence-corrected chi connectivity index (χ1v) is 7.75. The van der Waals surface area contributed by atoms with E-state index in [1.54, 1.807) is 12.1 Å². The fraction of sp³-hybridized carbons (Fsp3) is 0.167. The van der Waals surface area contributed by atoms with Gasteiger partial charge in [0.25, 0.3) is 5.91 Å². The molecule has 1 aromatic carbocycles. The summed E-state index contributed by atoms with van der Waals surface area (Å²) in [4.78, 5) is 11.7. The van der Waals surface area contributed by atoms with E-state index in [9.17, 15) is 4.79 Å². The molecule has 2 rings (SSSR count). The van der Waals surface area contributed by atoms with Crippen molar-refractivity contribution >= 4 is 45.5 Å². The Bertz CT molecular complexity index is 652. The number of hydrogen-bond donors (Lipinski definition) is 3. The van der Waals surface area contributed by atoms with Gasteiger partial charge in [0.1, 0.15) is 0 Å². The number of nitrogens with two attached hydrogens (primary N) is 2. The molecule has 0 spiro atoms. The summed E-state index contributed by atoms with van der Waals surface area (Å²) in [6, 6.07) is 7.26. The summed E-state index contributed by atoms with van der Waals surface area (Å²) in [5.74, 6) is -0.0174. The zero-order chi connectivity index (χ0) is 15.2. The van der Waals surface area contributed by atoms with Crippen molar-refractivity contribution in [3.8, 4) is 0 Å². The molecule has 1 aromatic heterocycles. The van der Waals surface area contributed by atoms with Crippen molar-refractivity contribution in [2.45, 2.75) is 11.3 Å². The normalized spacial score (nSPS) is 11.4. The van der Waals surface area contributed by atoms with E-state index in [2.05, 4.69) is 20.7 Å². The van der Waals surface area contributed by atoms with Gasteiger partial charge in [-0.05, 0) is 24.6 Å². The van der Waals surface area contributed by atoms with Gasteiger partial charge in [0.05, 0.1) is 11.5 Å². The van der Waals surface area contributed by atoms with Crippen molar-refractivity contribution in [3.05, 3.63) is 29.8 Å². The Morgan fingerprint density at radius 1 is 1.33 bits per heavy atom. The Morgan fingerprint density at radius 2 is 2.05 bits per heavy atom. The van der Waals surface area contributed by atoms with Crippen LogP contribution in [0, 0.1) is 0 Å². The molecule has 5 N–H and O–H groups in total. The predicted molar refractivity (Wildman–Crippen MR) is 86.3 cm³/mol. The van der Waals surface area contributed by atoms with E-state index in [4.69, 9.17) is 11.5 Å². The van der Waals surface area contributed by atoms with Crippen LogP contribution in [0.3, 0.4) is 0 Å². The van der Waals surface area contributed by atoms with Gasteiger partial charge in [-0.2, -0.15) is 5.10 Å². The number of anilines is 2. The molecule has 0 aliphatic carbocycles. The number of hydrazone groups is 1. The molecule has 1 amide bonds. The van der Waals surface area contributed by atoms with Gasteiger partial charge in [-0.15, -0.1) is 10.2 Å². The topological polar surface area (TPSA) is 119 Å². The maximum Gasteiger partial charge on any atom is 0.250 e. The van der Waals surface area contributed by atoms with Crippen LogP contribution in [0.1, 0.15) is 12.5 Å². The van der Waals surface area contributed by atoms with E-state index in [0.717, 1.165) is 5.56 Å². The monoisotopic (exact) mass is 322 g/mol. The zero-order valence-corrected chi connectivity index (χ0v) is 12.9. The minimum absolute atomic E-state index is 0.202. The minimum Gasteiger partial charge on any atom is -0.399 e. The number of carbonyl (C=O) groups excluding carboxylic acids is 1. The molecule has 0 saturated carbocycles. The van der Waals surface area contributed by atoms with Crippen molar-refractivity contribution < 1.29 is 4.79 Å². The maximum absolute atomic E-state index is 11.7. The number of hydrogen-bond acceptors (Lipinski definition) is 8. The number of nitrogens with one attached hydrogen (secondary N) is 1. The highest BCUT2D eigenvalue weighted by Gasteiger charge is 2.06. The van der Waals surface area contributed by atoms with Gasteiger partial charge in [-0.1, -0.05) is 35.2 Å². The quantitative estimate of drug-likeness (QED) is 0.331. The third kappa shape index (κ3) is 4.72. The van der Waals surface area contributed by atoms with Gasteiger partial charge in [-0.25, -0.2) is 5.43 Å². The van der Waals surface area contributed by atoms with E-state index < -0.39 is 0 Å². The average molecular weight is 322 g/mol. The number of aromatic nitrogens is 2. The van der Waals surface area contributed by atoms with Crippen molar-refractivity contribution in [1.29, 1.82) is 0 Å². The second kappa shape index (κ2) is 7.04.